The molecule has 0 fully saturated rings. The van der Waals surface area contributed by atoms with Crippen molar-refractivity contribution < 1.29 is 18.4 Å². The van der Waals surface area contributed by atoms with Gasteiger partial charge in [0.15, 0.2) is 0 Å². The maximum Gasteiger partial charge on any atom is 0.538 e. The second kappa shape index (κ2) is 6.88. The standard InChI is InChI=1S/C12H20O4Si/c1-4-12(13)16-17(14-3,15-5-2)11-9-7-6-8-10-11/h6-10,12-13H,4-5H2,1-3H3. The molecule has 1 aromatic carbocycles. The van der Waals surface area contributed by atoms with Crippen molar-refractivity contribution in [2.45, 2.75) is 26.6 Å². The molecule has 17 heavy (non-hydrogen) atoms. The van der Waals surface area contributed by atoms with Crippen LogP contribution < -0.4 is 5.19 Å². The highest BCUT2D eigenvalue weighted by molar-refractivity contribution is 6.75. The topological polar surface area (TPSA) is 47.9 Å². The Bertz CT molecular complexity index is 320. The summed E-state index contributed by atoms with van der Waals surface area (Å²) in [4.78, 5) is 0. The lowest BCUT2D eigenvalue weighted by molar-refractivity contribution is -0.0683. The van der Waals surface area contributed by atoms with Gasteiger partial charge in [0, 0.05) is 18.9 Å². The van der Waals surface area contributed by atoms with Gasteiger partial charge >= 0.3 is 8.80 Å². The first-order chi connectivity index (χ1) is 8.18. The smallest absolute Gasteiger partial charge is 0.373 e. The van der Waals surface area contributed by atoms with Crippen molar-refractivity contribution in [2.24, 2.45) is 0 Å². The fourth-order valence-electron chi connectivity index (χ4n) is 1.51. The van der Waals surface area contributed by atoms with Crippen LogP contribution in [0.25, 0.3) is 0 Å². The van der Waals surface area contributed by atoms with Gasteiger partial charge in [0.25, 0.3) is 0 Å². The lowest BCUT2D eigenvalue weighted by Gasteiger charge is -2.29. The van der Waals surface area contributed by atoms with E-state index in [2.05, 4.69) is 0 Å². The molecule has 1 rings (SSSR count). The second-order valence-electron chi connectivity index (χ2n) is 3.54. The predicted octanol–water partition coefficient (Wildman–Crippen LogP) is 1.26. The molecule has 1 N–H and O–H groups in total. The molecular formula is C12H20O4Si. The summed E-state index contributed by atoms with van der Waals surface area (Å²) in [5.74, 6) is 0. The molecule has 4 nitrogen and oxygen atoms in total. The fraction of sp³-hybridized carbons (Fsp3) is 0.500. The molecule has 0 radical (unpaired) electrons. The summed E-state index contributed by atoms with van der Waals surface area (Å²) in [6.07, 6.45) is -0.369. The summed E-state index contributed by atoms with van der Waals surface area (Å²) in [5.41, 5.74) is 0. The van der Waals surface area contributed by atoms with E-state index < -0.39 is 15.1 Å². The third-order valence-corrected chi connectivity index (χ3v) is 5.20. The van der Waals surface area contributed by atoms with E-state index in [0.29, 0.717) is 13.0 Å². The van der Waals surface area contributed by atoms with Crippen molar-refractivity contribution in [2.75, 3.05) is 13.7 Å². The van der Waals surface area contributed by atoms with Crippen LogP contribution >= 0.6 is 0 Å². The third-order valence-electron chi connectivity index (χ3n) is 2.37. The van der Waals surface area contributed by atoms with Crippen LogP contribution in [0.5, 0.6) is 0 Å². The van der Waals surface area contributed by atoms with Crippen LogP contribution in [-0.2, 0) is 13.3 Å². The van der Waals surface area contributed by atoms with Crippen molar-refractivity contribution in [1.29, 1.82) is 0 Å². The minimum atomic E-state index is -2.98. The molecule has 0 spiro atoms. The summed E-state index contributed by atoms with van der Waals surface area (Å²) < 4.78 is 16.8. The predicted molar refractivity (Wildman–Crippen MR) is 67.8 cm³/mol. The van der Waals surface area contributed by atoms with Crippen LogP contribution in [0.3, 0.4) is 0 Å². The van der Waals surface area contributed by atoms with Crippen LogP contribution in [0, 0.1) is 0 Å². The summed E-state index contributed by atoms with van der Waals surface area (Å²) in [7, 11) is -1.43. The monoisotopic (exact) mass is 256 g/mol. The van der Waals surface area contributed by atoms with Gasteiger partial charge in [0.2, 0.25) is 0 Å². The first kappa shape index (κ1) is 14.3. The molecule has 2 unspecified atom stereocenters. The Kier molecular flexibility index (Phi) is 5.80. The van der Waals surface area contributed by atoms with Gasteiger partial charge in [0.05, 0.1) is 0 Å². The number of benzene rings is 1. The summed E-state index contributed by atoms with van der Waals surface area (Å²) >= 11 is 0. The zero-order valence-corrected chi connectivity index (χ0v) is 11.6. The van der Waals surface area contributed by atoms with E-state index in [4.69, 9.17) is 13.3 Å². The number of rotatable bonds is 7. The van der Waals surface area contributed by atoms with Gasteiger partial charge in [-0.3, -0.25) is 0 Å². The Balaban J connectivity index is 2.99. The Morgan fingerprint density at radius 3 is 2.35 bits per heavy atom. The van der Waals surface area contributed by atoms with E-state index in [1.165, 1.54) is 0 Å². The van der Waals surface area contributed by atoms with E-state index in [1.54, 1.807) is 7.11 Å². The highest BCUT2D eigenvalue weighted by Crippen LogP contribution is 2.12. The number of hydrogen-bond acceptors (Lipinski definition) is 4. The van der Waals surface area contributed by atoms with Gasteiger partial charge in [-0.1, -0.05) is 37.3 Å². The van der Waals surface area contributed by atoms with E-state index in [1.807, 2.05) is 44.2 Å². The van der Waals surface area contributed by atoms with Crippen molar-refractivity contribution in [3.8, 4) is 0 Å². The second-order valence-corrected chi connectivity index (χ2v) is 6.16. The molecule has 0 bridgehead atoms. The molecule has 96 valence electrons. The lowest BCUT2D eigenvalue weighted by atomic mass is 10.4. The molecular weight excluding hydrogens is 236 g/mol. The number of aliphatic hydroxyl groups is 1. The Hall–Kier alpha value is -0.723. The van der Waals surface area contributed by atoms with Crippen molar-refractivity contribution in [3.63, 3.8) is 0 Å². The minimum Gasteiger partial charge on any atom is -0.373 e. The molecule has 0 aliphatic rings. The highest BCUT2D eigenvalue weighted by Gasteiger charge is 2.44. The zero-order valence-electron chi connectivity index (χ0n) is 10.6. The molecule has 2 atom stereocenters. The lowest BCUT2D eigenvalue weighted by Crippen LogP contribution is -2.57. The van der Waals surface area contributed by atoms with Crippen molar-refractivity contribution >= 4 is 14.0 Å². The number of aliphatic hydroxyl groups excluding tert-OH is 1. The van der Waals surface area contributed by atoms with Crippen LogP contribution in [-0.4, -0.2) is 33.9 Å². The van der Waals surface area contributed by atoms with Gasteiger partial charge < -0.3 is 18.4 Å². The van der Waals surface area contributed by atoms with Gasteiger partial charge in [-0.2, -0.15) is 0 Å². The Morgan fingerprint density at radius 1 is 1.24 bits per heavy atom. The van der Waals surface area contributed by atoms with E-state index in [0.717, 1.165) is 5.19 Å². The van der Waals surface area contributed by atoms with Gasteiger partial charge in [-0.15, -0.1) is 0 Å². The van der Waals surface area contributed by atoms with E-state index in [9.17, 15) is 5.11 Å². The minimum absolute atomic E-state index is 0.478. The quantitative estimate of drug-likeness (QED) is 0.589. The SMILES string of the molecule is CCO[Si](OC)(OC(O)CC)c1ccccc1. The van der Waals surface area contributed by atoms with Crippen LogP contribution in [0.2, 0.25) is 0 Å². The molecule has 0 saturated carbocycles. The largest absolute Gasteiger partial charge is 0.538 e. The van der Waals surface area contributed by atoms with E-state index >= 15 is 0 Å². The van der Waals surface area contributed by atoms with Crippen molar-refractivity contribution in [3.05, 3.63) is 30.3 Å². The van der Waals surface area contributed by atoms with Crippen LogP contribution in [0.15, 0.2) is 30.3 Å². The normalized spacial score (nSPS) is 16.5. The van der Waals surface area contributed by atoms with Gasteiger partial charge in [-0.25, -0.2) is 0 Å². The van der Waals surface area contributed by atoms with Gasteiger partial charge in [0.1, 0.15) is 6.29 Å². The maximum atomic E-state index is 9.67. The van der Waals surface area contributed by atoms with Crippen LogP contribution in [0.4, 0.5) is 0 Å². The average Bonchev–Trinajstić information content (AvgIpc) is 2.39. The first-order valence-electron chi connectivity index (χ1n) is 5.79. The molecule has 0 aliphatic heterocycles. The highest BCUT2D eigenvalue weighted by atomic mass is 28.4. The average molecular weight is 256 g/mol. The first-order valence-corrected chi connectivity index (χ1v) is 7.51. The van der Waals surface area contributed by atoms with E-state index in [-0.39, 0.29) is 0 Å². The maximum absolute atomic E-state index is 9.67. The number of hydrogen-bond donors (Lipinski definition) is 1. The Morgan fingerprint density at radius 2 is 1.88 bits per heavy atom. The van der Waals surface area contributed by atoms with Crippen LogP contribution in [0.1, 0.15) is 20.3 Å². The molecule has 0 aliphatic carbocycles. The molecule has 1 aromatic rings. The molecule has 0 saturated heterocycles. The molecule has 0 aromatic heterocycles. The summed E-state index contributed by atoms with van der Waals surface area (Å²) in [5, 5.41) is 10.5. The zero-order chi connectivity index (χ0) is 12.7. The fourth-order valence-corrected chi connectivity index (χ4v) is 3.83. The summed E-state index contributed by atoms with van der Waals surface area (Å²) in [6.45, 7) is 4.20. The molecule has 5 heteroatoms. The summed E-state index contributed by atoms with van der Waals surface area (Å²) in [6, 6.07) is 9.51. The third kappa shape index (κ3) is 3.62. The van der Waals surface area contributed by atoms with Crippen molar-refractivity contribution in [1.82, 2.24) is 0 Å². The molecule has 0 heterocycles. The Labute approximate surface area is 104 Å². The van der Waals surface area contributed by atoms with Gasteiger partial charge in [-0.05, 0) is 13.3 Å². The molecule has 0 amide bonds.